The molecular weight excluding hydrogens is 440 g/mol. The Balaban J connectivity index is 1.57. The number of hydrazone groups is 1. The average Bonchev–Trinajstić information content (AvgIpc) is 2.85. The zero-order valence-electron chi connectivity index (χ0n) is 19.4. The minimum atomic E-state index is -0.978. The fourth-order valence-corrected chi connectivity index (χ4v) is 2.64. The summed E-state index contributed by atoms with van der Waals surface area (Å²) < 4.78 is 16.2. The molecule has 2 rings (SSSR count). The average molecular weight is 473 g/mol. The first kappa shape index (κ1) is 26.9. The Bertz CT molecular complexity index is 887. The number of ether oxygens (including phenoxy) is 3. The van der Waals surface area contributed by atoms with Gasteiger partial charge in [-0.15, -0.1) is 0 Å². The second-order valence-corrected chi connectivity index (χ2v) is 7.18. The van der Waals surface area contributed by atoms with E-state index in [-0.39, 0.29) is 11.5 Å². The summed E-state index contributed by atoms with van der Waals surface area (Å²) in [6, 6.07) is 9.61. The standard InChI is InChI=1S/C24H32N4O6/c1-2-11-32-13-15-34-16-14-33-12-3-10-25-23(29)21-8-9-22(26-18-21)28-27-17-19-4-6-20(7-5-19)24(30)31/h4-9,17-18H,2-3,10-16H2,1H3,(H,25,29)(H,26,28)(H,30,31)/b27-17+. The van der Waals surface area contributed by atoms with Crippen LogP contribution in [0.25, 0.3) is 0 Å². The van der Waals surface area contributed by atoms with Gasteiger partial charge in [0.05, 0.1) is 43.8 Å². The fourth-order valence-electron chi connectivity index (χ4n) is 2.64. The maximum absolute atomic E-state index is 12.2. The Morgan fingerprint density at radius 3 is 2.21 bits per heavy atom. The van der Waals surface area contributed by atoms with Crippen molar-refractivity contribution in [1.82, 2.24) is 10.3 Å². The van der Waals surface area contributed by atoms with E-state index in [1.165, 1.54) is 18.3 Å². The van der Waals surface area contributed by atoms with Crippen molar-refractivity contribution >= 4 is 23.9 Å². The number of rotatable bonds is 17. The summed E-state index contributed by atoms with van der Waals surface area (Å²) in [5.74, 6) is -0.715. The van der Waals surface area contributed by atoms with E-state index in [1.807, 2.05) is 0 Å². The molecule has 0 fully saturated rings. The maximum Gasteiger partial charge on any atom is 0.335 e. The van der Waals surface area contributed by atoms with Gasteiger partial charge in [-0.1, -0.05) is 19.1 Å². The van der Waals surface area contributed by atoms with Gasteiger partial charge in [0.15, 0.2) is 0 Å². The van der Waals surface area contributed by atoms with Crippen LogP contribution in [0.5, 0.6) is 0 Å². The van der Waals surface area contributed by atoms with Crippen LogP contribution in [-0.2, 0) is 14.2 Å². The molecule has 1 aromatic carbocycles. The van der Waals surface area contributed by atoms with Gasteiger partial charge in [-0.05, 0) is 42.7 Å². The molecule has 0 bridgehead atoms. The third kappa shape index (κ3) is 11.0. The van der Waals surface area contributed by atoms with Crippen molar-refractivity contribution in [3.05, 3.63) is 59.3 Å². The van der Waals surface area contributed by atoms with Crippen LogP contribution in [0.1, 0.15) is 46.0 Å². The lowest BCUT2D eigenvalue weighted by Gasteiger charge is -2.07. The van der Waals surface area contributed by atoms with Gasteiger partial charge < -0.3 is 24.6 Å². The number of carboxylic acids is 1. The van der Waals surface area contributed by atoms with Crippen molar-refractivity contribution in [2.75, 3.05) is 51.6 Å². The van der Waals surface area contributed by atoms with Crippen molar-refractivity contribution < 1.29 is 28.9 Å². The molecule has 34 heavy (non-hydrogen) atoms. The number of aromatic carboxylic acids is 1. The van der Waals surface area contributed by atoms with Crippen molar-refractivity contribution in [3.8, 4) is 0 Å². The van der Waals surface area contributed by atoms with Gasteiger partial charge in [0.1, 0.15) is 5.82 Å². The number of hydrogen-bond donors (Lipinski definition) is 3. The second kappa shape index (κ2) is 16.3. The number of hydrogen-bond acceptors (Lipinski definition) is 8. The van der Waals surface area contributed by atoms with Crippen LogP contribution in [0.4, 0.5) is 5.82 Å². The van der Waals surface area contributed by atoms with Crippen LogP contribution < -0.4 is 10.7 Å². The molecule has 1 heterocycles. The summed E-state index contributed by atoms with van der Waals surface area (Å²) in [6.07, 6.45) is 4.71. The molecule has 0 saturated carbocycles. The topological polar surface area (TPSA) is 131 Å². The SMILES string of the molecule is CCCOCCOCCOCCCNC(=O)c1ccc(N/N=C/c2ccc(C(=O)O)cc2)nc1. The minimum absolute atomic E-state index is 0.210. The molecule has 0 aliphatic carbocycles. The highest BCUT2D eigenvalue weighted by molar-refractivity contribution is 5.94. The fraction of sp³-hybridized carbons (Fsp3) is 0.417. The number of aromatic nitrogens is 1. The second-order valence-electron chi connectivity index (χ2n) is 7.18. The largest absolute Gasteiger partial charge is 0.478 e. The first-order valence-electron chi connectivity index (χ1n) is 11.2. The monoisotopic (exact) mass is 472 g/mol. The van der Waals surface area contributed by atoms with E-state index in [2.05, 4.69) is 27.8 Å². The number of nitrogens with one attached hydrogen (secondary N) is 2. The van der Waals surface area contributed by atoms with E-state index in [4.69, 9.17) is 19.3 Å². The maximum atomic E-state index is 12.2. The number of pyridine rings is 1. The van der Waals surface area contributed by atoms with E-state index < -0.39 is 5.97 Å². The number of benzene rings is 1. The van der Waals surface area contributed by atoms with Gasteiger partial charge >= 0.3 is 5.97 Å². The third-order valence-electron chi connectivity index (χ3n) is 4.42. The van der Waals surface area contributed by atoms with E-state index in [1.54, 1.807) is 30.5 Å². The Hall–Kier alpha value is -3.34. The van der Waals surface area contributed by atoms with Gasteiger partial charge in [0.25, 0.3) is 5.91 Å². The number of nitrogens with zero attached hydrogens (tertiary/aromatic N) is 2. The minimum Gasteiger partial charge on any atom is -0.478 e. The molecule has 0 radical (unpaired) electrons. The summed E-state index contributed by atoms with van der Waals surface area (Å²) in [6.45, 7) is 6.05. The predicted molar refractivity (Wildman–Crippen MR) is 129 cm³/mol. The molecule has 0 saturated heterocycles. The van der Waals surface area contributed by atoms with Crippen LogP contribution in [0.3, 0.4) is 0 Å². The Morgan fingerprint density at radius 1 is 0.941 bits per heavy atom. The Labute approximate surface area is 199 Å². The molecule has 10 nitrogen and oxygen atoms in total. The van der Waals surface area contributed by atoms with Crippen LogP contribution in [0.15, 0.2) is 47.7 Å². The lowest BCUT2D eigenvalue weighted by molar-refractivity contribution is 0.0143. The van der Waals surface area contributed by atoms with Crippen LogP contribution in [0, 0.1) is 0 Å². The van der Waals surface area contributed by atoms with Gasteiger partial charge in [-0.2, -0.15) is 5.10 Å². The summed E-state index contributed by atoms with van der Waals surface area (Å²) in [5.41, 5.74) is 4.16. The van der Waals surface area contributed by atoms with E-state index in [0.717, 1.165) is 18.6 Å². The lowest BCUT2D eigenvalue weighted by atomic mass is 10.1. The molecular formula is C24H32N4O6. The van der Waals surface area contributed by atoms with Gasteiger partial charge in [-0.25, -0.2) is 9.78 Å². The lowest BCUT2D eigenvalue weighted by Crippen LogP contribution is -2.25. The molecule has 2 aromatic rings. The first-order chi connectivity index (χ1) is 16.6. The highest BCUT2D eigenvalue weighted by Gasteiger charge is 2.05. The summed E-state index contributed by atoms with van der Waals surface area (Å²) in [5, 5.41) is 15.8. The quantitative estimate of drug-likeness (QED) is 0.182. The highest BCUT2D eigenvalue weighted by Crippen LogP contribution is 2.06. The predicted octanol–water partition coefficient (Wildman–Crippen LogP) is 2.81. The van der Waals surface area contributed by atoms with Gasteiger partial charge in [0.2, 0.25) is 0 Å². The molecule has 10 heteroatoms. The molecule has 0 atom stereocenters. The van der Waals surface area contributed by atoms with Crippen LogP contribution >= 0.6 is 0 Å². The molecule has 184 valence electrons. The summed E-state index contributed by atoms with van der Waals surface area (Å²) in [7, 11) is 0. The highest BCUT2D eigenvalue weighted by atomic mass is 16.5. The zero-order chi connectivity index (χ0) is 24.4. The molecule has 3 N–H and O–H groups in total. The number of carbonyl (C=O) groups is 2. The number of anilines is 1. The first-order valence-corrected chi connectivity index (χ1v) is 11.2. The molecule has 0 aliphatic rings. The Morgan fingerprint density at radius 2 is 1.59 bits per heavy atom. The molecule has 1 aromatic heterocycles. The molecule has 0 spiro atoms. The number of amides is 1. The van der Waals surface area contributed by atoms with Crippen LogP contribution in [0.2, 0.25) is 0 Å². The normalized spacial score (nSPS) is 11.0. The Kier molecular flexibility index (Phi) is 12.9. The molecule has 0 unspecified atom stereocenters. The van der Waals surface area contributed by atoms with Crippen molar-refractivity contribution in [3.63, 3.8) is 0 Å². The third-order valence-corrected chi connectivity index (χ3v) is 4.42. The van der Waals surface area contributed by atoms with E-state index in [9.17, 15) is 9.59 Å². The number of carboxylic acid groups (broad SMARTS) is 1. The van der Waals surface area contributed by atoms with Crippen LogP contribution in [-0.4, -0.2) is 74.4 Å². The van der Waals surface area contributed by atoms with Crippen molar-refractivity contribution in [1.29, 1.82) is 0 Å². The molecule has 0 aliphatic heterocycles. The molecule has 1 amide bonds. The van der Waals surface area contributed by atoms with Gasteiger partial charge in [-0.3, -0.25) is 10.2 Å². The zero-order valence-corrected chi connectivity index (χ0v) is 19.4. The van der Waals surface area contributed by atoms with Gasteiger partial charge in [0, 0.05) is 26.0 Å². The summed E-state index contributed by atoms with van der Waals surface area (Å²) >= 11 is 0. The van der Waals surface area contributed by atoms with E-state index in [0.29, 0.717) is 57.4 Å². The summed E-state index contributed by atoms with van der Waals surface area (Å²) in [4.78, 5) is 27.2. The van der Waals surface area contributed by atoms with Crippen molar-refractivity contribution in [2.45, 2.75) is 19.8 Å². The smallest absolute Gasteiger partial charge is 0.335 e. The van der Waals surface area contributed by atoms with Crippen molar-refractivity contribution in [2.24, 2.45) is 5.10 Å². The van der Waals surface area contributed by atoms with E-state index >= 15 is 0 Å². The number of carbonyl (C=O) groups excluding carboxylic acids is 1.